The predicted octanol–water partition coefficient (Wildman–Crippen LogP) is 2.92. The molecule has 1 aliphatic carbocycles. The summed E-state index contributed by atoms with van der Waals surface area (Å²) in [6, 6.07) is 5.93. The zero-order valence-electron chi connectivity index (χ0n) is 10.7. The summed E-state index contributed by atoms with van der Waals surface area (Å²) in [4.78, 5) is 2.21. The molecule has 1 N–H and O–H groups in total. The van der Waals surface area contributed by atoms with Gasteiger partial charge in [0.1, 0.15) is 5.82 Å². The van der Waals surface area contributed by atoms with Gasteiger partial charge in [0, 0.05) is 25.3 Å². The fourth-order valence-electron chi connectivity index (χ4n) is 2.19. The Labute approximate surface area is 103 Å². The lowest BCUT2D eigenvalue weighted by Crippen LogP contribution is -2.37. The van der Waals surface area contributed by atoms with E-state index < -0.39 is 0 Å². The smallest absolute Gasteiger partial charge is 0.125 e. The van der Waals surface area contributed by atoms with Crippen molar-refractivity contribution in [2.75, 3.05) is 18.5 Å². The van der Waals surface area contributed by atoms with E-state index in [1.807, 2.05) is 0 Å². The van der Waals surface area contributed by atoms with Crippen LogP contribution in [0.2, 0.25) is 0 Å². The average Bonchev–Trinajstić information content (AvgIpc) is 2.23. The summed E-state index contributed by atoms with van der Waals surface area (Å²) in [5, 5.41) is 3.23. The zero-order valence-corrected chi connectivity index (χ0v) is 10.7. The number of anilines is 1. The van der Waals surface area contributed by atoms with Crippen LogP contribution in [0.4, 0.5) is 10.1 Å². The highest BCUT2D eigenvalue weighted by Crippen LogP contribution is 2.29. The van der Waals surface area contributed by atoms with Crippen molar-refractivity contribution in [2.24, 2.45) is 0 Å². The van der Waals surface area contributed by atoms with Gasteiger partial charge >= 0.3 is 0 Å². The van der Waals surface area contributed by atoms with Crippen LogP contribution in [0, 0.1) is 5.82 Å². The topological polar surface area (TPSA) is 15.3 Å². The lowest BCUT2D eigenvalue weighted by Gasteiger charge is -2.36. The number of hydrogen-bond acceptors (Lipinski definition) is 2. The molecule has 0 radical (unpaired) electrons. The molecular formula is C14H21FN2. The minimum absolute atomic E-state index is 0.137. The van der Waals surface area contributed by atoms with Crippen molar-refractivity contribution in [3.8, 4) is 0 Å². The van der Waals surface area contributed by atoms with E-state index in [9.17, 15) is 4.39 Å². The molecule has 2 rings (SSSR count). The molecule has 0 aliphatic heterocycles. The van der Waals surface area contributed by atoms with E-state index in [0.717, 1.165) is 24.3 Å². The number of rotatable bonds is 5. The van der Waals surface area contributed by atoms with Gasteiger partial charge in [-0.25, -0.2) is 4.39 Å². The SMILES string of the molecule is CCNCc1cc(F)cc(N(C)C2CCC2)c1. The molecule has 0 spiro atoms. The molecule has 3 heteroatoms. The Kier molecular flexibility index (Phi) is 4.00. The molecule has 1 aliphatic rings. The number of benzene rings is 1. The minimum atomic E-state index is -0.137. The van der Waals surface area contributed by atoms with Gasteiger partial charge in [-0.15, -0.1) is 0 Å². The Balaban J connectivity index is 2.12. The van der Waals surface area contributed by atoms with Gasteiger partial charge in [-0.2, -0.15) is 0 Å². The van der Waals surface area contributed by atoms with Gasteiger partial charge in [-0.1, -0.05) is 6.92 Å². The van der Waals surface area contributed by atoms with Gasteiger partial charge in [0.15, 0.2) is 0 Å². The van der Waals surface area contributed by atoms with E-state index in [1.54, 1.807) is 12.1 Å². The fourth-order valence-corrected chi connectivity index (χ4v) is 2.19. The van der Waals surface area contributed by atoms with Crippen molar-refractivity contribution in [1.82, 2.24) is 5.32 Å². The Morgan fingerprint density at radius 3 is 2.71 bits per heavy atom. The normalized spacial score (nSPS) is 15.7. The van der Waals surface area contributed by atoms with Gasteiger partial charge in [-0.3, -0.25) is 0 Å². The molecule has 0 heterocycles. The van der Waals surface area contributed by atoms with E-state index in [-0.39, 0.29) is 5.82 Å². The molecule has 17 heavy (non-hydrogen) atoms. The number of nitrogens with zero attached hydrogens (tertiary/aromatic N) is 1. The number of halogens is 1. The molecule has 2 nitrogen and oxygen atoms in total. The Hall–Kier alpha value is -1.09. The summed E-state index contributed by atoms with van der Waals surface area (Å²) in [5.41, 5.74) is 2.02. The van der Waals surface area contributed by atoms with E-state index in [4.69, 9.17) is 0 Å². The summed E-state index contributed by atoms with van der Waals surface area (Å²) < 4.78 is 13.5. The molecule has 1 fully saturated rings. The molecule has 94 valence electrons. The van der Waals surface area contributed by atoms with Crippen LogP contribution >= 0.6 is 0 Å². The third kappa shape index (κ3) is 2.97. The molecule has 0 saturated heterocycles. The fraction of sp³-hybridized carbons (Fsp3) is 0.571. The quantitative estimate of drug-likeness (QED) is 0.845. The van der Waals surface area contributed by atoms with E-state index in [1.165, 1.54) is 19.3 Å². The van der Waals surface area contributed by atoms with Crippen LogP contribution in [-0.4, -0.2) is 19.6 Å². The monoisotopic (exact) mass is 236 g/mol. The second kappa shape index (κ2) is 5.50. The van der Waals surface area contributed by atoms with E-state index in [2.05, 4.69) is 30.3 Å². The van der Waals surface area contributed by atoms with Crippen molar-refractivity contribution in [3.63, 3.8) is 0 Å². The largest absolute Gasteiger partial charge is 0.372 e. The second-order valence-corrected chi connectivity index (χ2v) is 4.79. The lowest BCUT2D eigenvalue weighted by atomic mass is 9.91. The molecule has 1 aromatic carbocycles. The first-order valence-corrected chi connectivity index (χ1v) is 6.43. The first kappa shape index (κ1) is 12.4. The third-order valence-corrected chi connectivity index (χ3v) is 3.55. The summed E-state index contributed by atoms with van der Waals surface area (Å²) in [6.45, 7) is 3.70. The number of hydrogen-bond donors (Lipinski definition) is 1. The molecular weight excluding hydrogens is 215 g/mol. The highest BCUT2D eigenvalue weighted by Gasteiger charge is 2.22. The van der Waals surface area contributed by atoms with E-state index in [0.29, 0.717) is 6.04 Å². The second-order valence-electron chi connectivity index (χ2n) is 4.79. The molecule has 0 bridgehead atoms. The van der Waals surface area contributed by atoms with Crippen LogP contribution < -0.4 is 10.2 Å². The molecule has 0 aromatic heterocycles. The van der Waals surface area contributed by atoms with Crippen molar-refractivity contribution in [1.29, 1.82) is 0 Å². The Bertz CT molecular complexity index is 374. The maximum Gasteiger partial charge on any atom is 0.125 e. The molecule has 0 unspecified atom stereocenters. The van der Waals surface area contributed by atoms with Crippen molar-refractivity contribution >= 4 is 5.69 Å². The van der Waals surface area contributed by atoms with Gasteiger partial charge in [0.2, 0.25) is 0 Å². The summed E-state index contributed by atoms with van der Waals surface area (Å²) in [5.74, 6) is -0.137. The van der Waals surface area contributed by atoms with Gasteiger partial charge in [-0.05, 0) is 49.6 Å². The van der Waals surface area contributed by atoms with Crippen LogP contribution in [0.5, 0.6) is 0 Å². The van der Waals surface area contributed by atoms with Crippen LogP contribution in [0.1, 0.15) is 31.7 Å². The van der Waals surface area contributed by atoms with Crippen molar-refractivity contribution in [3.05, 3.63) is 29.6 Å². The van der Waals surface area contributed by atoms with Crippen LogP contribution in [0.3, 0.4) is 0 Å². The average molecular weight is 236 g/mol. The number of nitrogens with one attached hydrogen (secondary N) is 1. The van der Waals surface area contributed by atoms with Gasteiger partial charge in [0.05, 0.1) is 0 Å². The maximum absolute atomic E-state index is 13.5. The van der Waals surface area contributed by atoms with Gasteiger partial charge < -0.3 is 10.2 Å². The van der Waals surface area contributed by atoms with Crippen LogP contribution in [-0.2, 0) is 6.54 Å². The standard InChI is InChI=1S/C14H21FN2/c1-3-16-10-11-7-12(15)9-14(8-11)17(2)13-5-4-6-13/h7-9,13,16H,3-6,10H2,1-2H3. The van der Waals surface area contributed by atoms with Crippen LogP contribution in [0.25, 0.3) is 0 Å². The molecule has 1 saturated carbocycles. The zero-order chi connectivity index (χ0) is 12.3. The maximum atomic E-state index is 13.5. The first-order chi connectivity index (χ1) is 8.20. The Morgan fingerprint density at radius 2 is 2.12 bits per heavy atom. The summed E-state index contributed by atoms with van der Waals surface area (Å²) in [6.07, 6.45) is 3.76. The highest BCUT2D eigenvalue weighted by atomic mass is 19.1. The predicted molar refractivity (Wildman–Crippen MR) is 69.8 cm³/mol. The van der Waals surface area contributed by atoms with Crippen molar-refractivity contribution in [2.45, 2.75) is 38.8 Å². The van der Waals surface area contributed by atoms with Gasteiger partial charge in [0.25, 0.3) is 0 Å². The van der Waals surface area contributed by atoms with Crippen molar-refractivity contribution < 1.29 is 4.39 Å². The third-order valence-electron chi connectivity index (χ3n) is 3.55. The summed E-state index contributed by atoms with van der Waals surface area (Å²) >= 11 is 0. The Morgan fingerprint density at radius 1 is 1.35 bits per heavy atom. The minimum Gasteiger partial charge on any atom is -0.372 e. The first-order valence-electron chi connectivity index (χ1n) is 6.43. The van der Waals surface area contributed by atoms with Crippen LogP contribution in [0.15, 0.2) is 18.2 Å². The molecule has 0 atom stereocenters. The lowest BCUT2D eigenvalue weighted by molar-refractivity contribution is 0.401. The molecule has 1 aromatic rings. The molecule has 0 amide bonds. The van der Waals surface area contributed by atoms with E-state index >= 15 is 0 Å². The highest BCUT2D eigenvalue weighted by molar-refractivity contribution is 5.49. The summed E-state index contributed by atoms with van der Waals surface area (Å²) in [7, 11) is 2.07.